The number of aryl methyl sites for hydroxylation is 2. The predicted molar refractivity (Wildman–Crippen MR) is 98.0 cm³/mol. The van der Waals surface area contributed by atoms with Crippen molar-refractivity contribution >= 4 is 11.9 Å². The molecule has 1 atom stereocenters. The molecule has 2 fully saturated rings. The van der Waals surface area contributed by atoms with Crippen LogP contribution in [-0.4, -0.2) is 46.7 Å². The van der Waals surface area contributed by atoms with E-state index in [1.807, 2.05) is 32.0 Å². The van der Waals surface area contributed by atoms with Crippen LogP contribution in [0.4, 0.5) is 4.79 Å². The highest BCUT2D eigenvalue weighted by molar-refractivity contribution is 6.07. The molecule has 1 saturated heterocycles. The molecule has 0 unspecified atom stereocenters. The van der Waals surface area contributed by atoms with Crippen LogP contribution in [0.15, 0.2) is 18.2 Å². The summed E-state index contributed by atoms with van der Waals surface area (Å²) < 4.78 is 5.69. The number of imide groups is 1. The molecule has 6 heteroatoms. The van der Waals surface area contributed by atoms with Gasteiger partial charge in [-0.2, -0.15) is 0 Å². The number of rotatable bonds is 5. The number of aliphatic hydroxyl groups excluding tert-OH is 1. The van der Waals surface area contributed by atoms with Gasteiger partial charge in [0.1, 0.15) is 24.0 Å². The molecular weight excluding hydrogens is 332 g/mol. The van der Waals surface area contributed by atoms with Crippen LogP contribution in [0.3, 0.4) is 0 Å². The van der Waals surface area contributed by atoms with Gasteiger partial charge in [-0.25, -0.2) is 4.79 Å². The average molecular weight is 360 g/mol. The molecule has 1 spiro atoms. The SMILES string of the molecule is Cc1ccc(C)c(OC[C@H](O)CN2C(=O)NC3(CCC(C)CC3)C2=O)c1. The molecule has 6 nitrogen and oxygen atoms in total. The lowest BCUT2D eigenvalue weighted by atomic mass is 9.77. The molecule has 2 aliphatic rings. The lowest BCUT2D eigenvalue weighted by molar-refractivity contribution is -0.133. The monoisotopic (exact) mass is 360 g/mol. The van der Waals surface area contributed by atoms with Crippen molar-refractivity contribution in [3.8, 4) is 5.75 Å². The number of hydrogen-bond acceptors (Lipinski definition) is 4. The number of aliphatic hydroxyl groups is 1. The lowest BCUT2D eigenvalue weighted by Gasteiger charge is -2.33. The van der Waals surface area contributed by atoms with Gasteiger partial charge < -0.3 is 15.2 Å². The molecule has 1 aromatic rings. The Kier molecular flexibility index (Phi) is 5.23. The third kappa shape index (κ3) is 3.70. The highest BCUT2D eigenvalue weighted by Gasteiger charge is 2.52. The number of β-amino-alcohol motifs (C(OH)–C–C–N with tert-alkyl or cyclic N) is 1. The lowest BCUT2D eigenvalue weighted by Crippen LogP contribution is -2.49. The molecule has 1 aromatic carbocycles. The van der Waals surface area contributed by atoms with Gasteiger partial charge in [0.15, 0.2) is 0 Å². The minimum absolute atomic E-state index is 0.0331. The number of hydrogen-bond donors (Lipinski definition) is 2. The Labute approximate surface area is 154 Å². The second-order valence-electron chi connectivity index (χ2n) is 7.84. The van der Waals surface area contributed by atoms with Gasteiger partial charge in [-0.05, 0) is 62.6 Å². The standard InChI is InChI=1S/C20H28N2O4/c1-13-6-8-20(9-7-13)18(24)22(19(25)21-20)11-16(23)12-26-17-10-14(2)4-5-15(17)3/h4-5,10,13,16,23H,6-9,11-12H2,1-3H3,(H,21,25)/t13?,16-,20?/m1/s1. The Hall–Kier alpha value is -2.08. The minimum atomic E-state index is -0.928. The first kappa shape index (κ1) is 18.7. The van der Waals surface area contributed by atoms with Crippen molar-refractivity contribution in [2.75, 3.05) is 13.2 Å². The molecule has 26 heavy (non-hydrogen) atoms. The van der Waals surface area contributed by atoms with Crippen LogP contribution >= 0.6 is 0 Å². The number of benzene rings is 1. The van der Waals surface area contributed by atoms with Crippen molar-refractivity contribution in [3.05, 3.63) is 29.3 Å². The summed E-state index contributed by atoms with van der Waals surface area (Å²) in [7, 11) is 0. The maximum atomic E-state index is 12.8. The Bertz CT molecular complexity index is 695. The van der Waals surface area contributed by atoms with Gasteiger partial charge in [-0.15, -0.1) is 0 Å². The first-order valence-electron chi connectivity index (χ1n) is 9.33. The van der Waals surface area contributed by atoms with E-state index in [2.05, 4.69) is 12.2 Å². The van der Waals surface area contributed by atoms with Crippen molar-refractivity contribution in [1.29, 1.82) is 0 Å². The van der Waals surface area contributed by atoms with E-state index in [0.717, 1.165) is 28.9 Å². The zero-order valence-corrected chi connectivity index (χ0v) is 15.7. The zero-order valence-electron chi connectivity index (χ0n) is 15.7. The minimum Gasteiger partial charge on any atom is -0.491 e. The van der Waals surface area contributed by atoms with E-state index >= 15 is 0 Å². The van der Waals surface area contributed by atoms with E-state index in [1.54, 1.807) is 0 Å². The summed E-state index contributed by atoms with van der Waals surface area (Å²) in [5.74, 6) is 1.08. The van der Waals surface area contributed by atoms with E-state index in [1.165, 1.54) is 0 Å². The third-order valence-corrected chi connectivity index (χ3v) is 5.54. The Morgan fingerprint density at radius 3 is 2.69 bits per heavy atom. The summed E-state index contributed by atoms with van der Waals surface area (Å²) in [6.07, 6.45) is 2.27. The van der Waals surface area contributed by atoms with Crippen molar-refractivity contribution in [1.82, 2.24) is 10.2 Å². The number of ether oxygens (including phenoxy) is 1. The first-order chi connectivity index (χ1) is 12.3. The molecule has 142 valence electrons. The predicted octanol–water partition coefficient (Wildman–Crippen LogP) is 2.54. The molecule has 2 N–H and O–H groups in total. The van der Waals surface area contributed by atoms with Crippen LogP contribution < -0.4 is 10.1 Å². The molecule has 1 aliphatic heterocycles. The fourth-order valence-electron chi connectivity index (χ4n) is 3.75. The van der Waals surface area contributed by atoms with Crippen LogP contribution in [0.25, 0.3) is 0 Å². The van der Waals surface area contributed by atoms with Crippen molar-refractivity contribution in [2.24, 2.45) is 5.92 Å². The van der Waals surface area contributed by atoms with Crippen LogP contribution in [-0.2, 0) is 4.79 Å². The number of amides is 3. The summed E-state index contributed by atoms with van der Waals surface area (Å²) in [6, 6.07) is 5.46. The first-order valence-corrected chi connectivity index (χ1v) is 9.33. The second kappa shape index (κ2) is 7.27. The highest BCUT2D eigenvalue weighted by atomic mass is 16.5. The van der Waals surface area contributed by atoms with E-state index in [4.69, 9.17) is 4.74 Å². The van der Waals surface area contributed by atoms with E-state index < -0.39 is 17.7 Å². The molecule has 0 bridgehead atoms. The highest BCUT2D eigenvalue weighted by Crippen LogP contribution is 2.36. The molecule has 0 aromatic heterocycles. The quantitative estimate of drug-likeness (QED) is 0.791. The molecule has 1 saturated carbocycles. The maximum Gasteiger partial charge on any atom is 0.325 e. The summed E-state index contributed by atoms with van der Waals surface area (Å²) in [6.45, 7) is 6.06. The Morgan fingerprint density at radius 2 is 2.00 bits per heavy atom. The maximum absolute atomic E-state index is 12.8. The largest absolute Gasteiger partial charge is 0.491 e. The number of carbonyl (C=O) groups is 2. The van der Waals surface area contributed by atoms with Gasteiger partial charge in [-0.1, -0.05) is 19.1 Å². The van der Waals surface area contributed by atoms with Gasteiger partial charge in [0, 0.05) is 0 Å². The van der Waals surface area contributed by atoms with E-state index in [9.17, 15) is 14.7 Å². The van der Waals surface area contributed by atoms with Gasteiger partial charge in [0.05, 0.1) is 6.54 Å². The Balaban J connectivity index is 1.59. The normalized spacial score (nSPS) is 26.9. The molecule has 0 radical (unpaired) electrons. The van der Waals surface area contributed by atoms with Crippen LogP contribution in [0.1, 0.15) is 43.7 Å². The summed E-state index contributed by atoms with van der Waals surface area (Å²) in [5.41, 5.74) is 1.29. The zero-order chi connectivity index (χ0) is 18.9. The number of urea groups is 1. The molecular formula is C20H28N2O4. The summed E-state index contributed by atoms with van der Waals surface area (Å²) in [5, 5.41) is 13.2. The number of nitrogens with one attached hydrogen (secondary N) is 1. The molecule has 3 rings (SSSR count). The van der Waals surface area contributed by atoms with Crippen molar-refractivity contribution in [2.45, 2.75) is 58.1 Å². The molecule has 3 amide bonds. The Morgan fingerprint density at radius 1 is 1.31 bits per heavy atom. The summed E-state index contributed by atoms with van der Waals surface area (Å²) in [4.78, 5) is 26.2. The van der Waals surface area contributed by atoms with Crippen molar-refractivity contribution in [3.63, 3.8) is 0 Å². The van der Waals surface area contributed by atoms with Crippen LogP contribution in [0.2, 0.25) is 0 Å². The smallest absolute Gasteiger partial charge is 0.325 e. The molecule has 1 aliphatic carbocycles. The van der Waals surface area contributed by atoms with Crippen molar-refractivity contribution < 1.29 is 19.4 Å². The van der Waals surface area contributed by atoms with Gasteiger partial charge in [-0.3, -0.25) is 9.69 Å². The van der Waals surface area contributed by atoms with Crippen LogP contribution in [0, 0.1) is 19.8 Å². The second-order valence-corrected chi connectivity index (χ2v) is 7.84. The molecule has 1 heterocycles. The van der Waals surface area contributed by atoms with E-state index in [0.29, 0.717) is 24.5 Å². The van der Waals surface area contributed by atoms with Crippen LogP contribution in [0.5, 0.6) is 5.75 Å². The average Bonchev–Trinajstić information content (AvgIpc) is 2.83. The van der Waals surface area contributed by atoms with Gasteiger partial charge in [0.25, 0.3) is 5.91 Å². The van der Waals surface area contributed by atoms with E-state index in [-0.39, 0.29) is 19.1 Å². The fourth-order valence-corrected chi connectivity index (χ4v) is 3.75. The third-order valence-electron chi connectivity index (χ3n) is 5.54. The fraction of sp³-hybridized carbons (Fsp3) is 0.600. The van der Waals surface area contributed by atoms with Gasteiger partial charge in [0.2, 0.25) is 0 Å². The topological polar surface area (TPSA) is 78.9 Å². The number of carbonyl (C=O) groups excluding carboxylic acids is 2. The summed E-state index contributed by atoms with van der Waals surface area (Å²) >= 11 is 0. The van der Waals surface area contributed by atoms with Gasteiger partial charge >= 0.3 is 6.03 Å². The number of nitrogens with zero attached hydrogens (tertiary/aromatic N) is 1.